The van der Waals surface area contributed by atoms with Crippen molar-refractivity contribution >= 4 is 12.0 Å². The minimum Gasteiger partial charge on any atom is -0.497 e. The van der Waals surface area contributed by atoms with Gasteiger partial charge in [0.15, 0.2) is 0 Å². The molecule has 33 heavy (non-hydrogen) atoms. The molecule has 0 spiro atoms. The molecule has 2 heterocycles. The van der Waals surface area contributed by atoms with Crippen LogP contribution in [0.25, 0.3) is 0 Å². The van der Waals surface area contributed by atoms with E-state index in [9.17, 15) is 9.59 Å². The van der Waals surface area contributed by atoms with Crippen LogP contribution in [0.1, 0.15) is 50.0 Å². The summed E-state index contributed by atoms with van der Waals surface area (Å²) in [6.07, 6.45) is 6.17. The van der Waals surface area contributed by atoms with Gasteiger partial charge in [0.25, 0.3) is 0 Å². The molecule has 1 saturated carbocycles. The largest absolute Gasteiger partial charge is 0.497 e. The highest BCUT2D eigenvalue weighted by atomic mass is 16.5. The number of amides is 2. The van der Waals surface area contributed by atoms with Gasteiger partial charge in [-0.25, -0.2) is 9.59 Å². The lowest BCUT2D eigenvalue weighted by Crippen LogP contribution is -2.49. The molecule has 1 fully saturated rings. The zero-order valence-corrected chi connectivity index (χ0v) is 19.1. The Morgan fingerprint density at radius 2 is 1.91 bits per heavy atom. The highest BCUT2D eigenvalue weighted by Gasteiger charge is 2.35. The van der Waals surface area contributed by atoms with E-state index in [-0.39, 0.29) is 12.6 Å². The smallest absolute Gasteiger partial charge is 0.338 e. The molecule has 0 bridgehead atoms. The van der Waals surface area contributed by atoms with Crippen molar-refractivity contribution in [2.45, 2.75) is 51.2 Å². The standard InChI is InChI=1S/C25H31N3O5/c1-3-32-24(29)22-21(16-28(18-7-4-5-8-18)15-20-9-6-14-33-20)26-25(30)27-23(22)17-10-12-19(31-2)13-11-17/h6,9-14,18,23H,3-5,7-8,15-16H2,1-2H3,(H2,26,27,30). The molecule has 176 valence electrons. The van der Waals surface area contributed by atoms with Crippen molar-refractivity contribution in [2.24, 2.45) is 0 Å². The number of benzene rings is 1. The average molecular weight is 454 g/mol. The molecule has 8 nitrogen and oxygen atoms in total. The van der Waals surface area contributed by atoms with Crippen LogP contribution in [-0.2, 0) is 16.1 Å². The van der Waals surface area contributed by atoms with Gasteiger partial charge in [-0.3, -0.25) is 4.90 Å². The van der Waals surface area contributed by atoms with Gasteiger partial charge in [-0.1, -0.05) is 25.0 Å². The van der Waals surface area contributed by atoms with Crippen molar-refractivity contribution in [1.82, 2.24) is 15.5 Å². The Morgan fingerprint density at radius 1 is 1.15 bits per heavy atom. The lowest BCUT2D eigenvalue weighted by atomic mass is 9.94. The van der Waals surface area contributed by atoms with Crippen LogP contribution in [0, 0.1) is 0 Å². The van der Waals surface area contributed by atoms with E-state index in [4.69, 9.17) is 13.9 Å². The topological polar surface area (TPSA) is 93.0 Å². The molecule has 2 N–H and O–H groups in total. The van der Waals surface area contributed by atoms with Crippen LogP contribution in [0.5, 0.6) is 5.75 Å². The van der Waals surface area contributed by atoms with E-state index in [1.165, 1.54) is 12.8 Å². The van der Waals surface area contributed by atoms with E-state index in [1.807, 2.05) is 36.4 Å². The second-order valence-electron chi connectivity index (χ2n) is 8.34. The number of rotatable bonds is 9. The molecular formula is C25H31N3O5. The summed E-state index contributed by atoms with van der Waals surface area (Å²) in [6, 6.07) is 10.5. The summed E-state index contributed by atoms with van der Waals surface area (Å²) in [6.45, 7) is 3.04. The van der Waals surface area contributed by atoms with Gasteiger partial charge in [0, 0.05) is 18.3 Å². The Balaban J connectivity index is 1.70. The normalized spacial score (nSPS) is 18.9. The molecule has 2 aromatic rings. The fourth-order valence-electron chi connectivity index (χ4n) is 4.63. The lowest BCUT2D eigenvalue weighted by molar-refractivity contribution is -0.139. The van der Waals surface area contributed by atoms with Crippen molar-refractivity contribution in [3.05, 3.63) is 65.3 Å². The average Bonchev–Trinajstić information content (AvgIpc) is 3.53. The number of urea groups is 1. The van der Waals surface area contributed by atoms with E-state index in [2.05, 4.69) is 15.5 Å². The van der Waals surface area contributed by atoms with Crippen molar-refractivity contribution < 1.29 is 23.5 Å². The number of methoxy groups -OCH3 is 1. The second-order valence-corrected chi connectivity index (χ2v) is 8.34. The monoisotopic (exact) mass is 453 g/mol. The fourth-order valence-corrected chi connectivity index (χ4v) is 4.63. The van der Waals surface area contributed by atoms with Gasteiger partial charge in [0.05, 0.1) is 38.1 Å². The summed E-state index contributed by atoms with van der Waals surface area (Å²) in [5, 5.41) is 5.78. The predicted molar refractivity (Wildman–Crippen MR) is 122 cm³/mol. The molecule has 1 aromatic heterocycles. The highest BCUT2D eigenvalue weighted by molar-refractivity contribution is 5.95. The van der Waals surface area contributed by atoms with Crippen LogP contribution in [-0.4, -0.2) is 43.2 Å². The van der Waals surface area contributed by atoms with E-state index in [1.54, 1.807) is 20.3 Å². The highest BCUT2D eigenvalue weighted by Crippen LogP contribution is 2.31. The van der Waals surface area contributed by atoms with Crippen molar-refractivity contribution in [1.29, 1.82) is 0 Å². The third kappa shape index (κ3) is 5.39. The van der Waals surface area contributed by atoms with Crippen molar-refractivity contribution in [3.8, 4) is 5.75 Å². The van der Waals surface area contributed by atoms with Gasteiger partial charge < -0.3 is 24.5 Å². The molecule has 0 saturated heterocycles. The van der Waals surface area contributed by atoms with E-state index in [0.29, 0.717) is 36.2 Å². The van der Waals surface area contributed by atoms with Gasteiger partial charge in [-0.2, -0.15) is 0 Å². The molecule has 2 amide bonds. The number of nitrogens with zero attached hydrogens (tertiary/aromatic N) is 1. The molecule has 1 aromatic carbocycles. The van der Waals surface area contributed by atoms with Crippen LogP contribution in [0.2, 0.25) is 0 Å². The predicted octanol–water partition coefficient (Wildman–Crippen LogP) is 3.90. The summed E-state index contributed by atoms with van der Waals surface area (Å²) in [5.41, 5.74) is 1.77. The van der Waals surface area contributed by atoms with Crippen molar-refractivity contribution in [3.63, 3.8) is 0 Å². The third-order valence-corrected chi connectivity index (χ3v) is 6.24. The summed E-state index contributed by atoms with van der Waals surface area (Å²) in [7, 11) is 1.60. The first-order chi connectivity index (χ1) is 16.1. The molecule has 0 radical (unpaired) electrons. The zero-order chi connectivity index (χ0) is 23.2. The van der Waals surface area contributed by atoms with Crippen molar-refractivity contribution in [2.75, 3.05) is 20.3 Å². The number of esters is 1. The quantitative estimate of drug-likeness (QED) is 0.560. The maximum atomic E-state index is 13.1. The molecule has 1 atom stereocenters. The van der Waals surface area contributed by atoms with Crippen LogP contribution in [0.4, 0.5) is 4.79 Å². The zero-order valence-electron chi connectivity index (χ0n) is 19.1. The number of hydrogen-bond donors (Lipinski definition) is 2. The first kappa shape index (κ1) is 22.9. The van der Waals surface area contributed by atoms with Gasteiger partial charge in [0.1, 0.15) is 11.5 Å². The van der Waals surface area contributed by atoms with E-state index in [0.717, 1.165) is 24.2 Å². The summed E-state index contributed by atoms with van der Waals surface area (Å²) >= 11 is 0. The first-order valence-corrected chi connectivity index (χ1v) is 11.5. The minimum atomic E-state index is -0.618. The number of ether oxygens (including phenoxy) is 2. The number of nitrogens with one attached hydrogen (secondary N) is 2. The molecule has 8 heteroatoms. The van der Waals surface area contributed by atoms with E-state index >= 15 is 0 Å². The SMILES string of the molecule is CCOC(=O)C1=C(CN(Cc2ccco2)C2CCCC2)NC(=O)NC1c1ccc(OC)cc1. The number of hydrogen-bond acceptors (Lipinski definition) is 6. The van der Waals surface area contributed by atoms with Crippen LogP contribution < -0.4 is 15.4 Å². The number of carbonyl (C=O) groups excluding carboxylic acids is 2. The summed E-state index contributed by atoms with van der Waals surface area (Å²) < 4.78 is 16.3. The van der Waals surface area contributed by atoms with Crippen LogP contribution in [0.3, 0.4) is 0 Å². The Morgan fingerprint density at radius 3 is 2.55 bits per heavy atom. The number of furan rings is 1. The second kappa shape index (κ2) is 10.6. The van der Waals surface area contributed by atoms with Gasteiger partial charge in [-0.05, 0) is 49.6 Å². The molecule has 2 aliphatic rings. The summed E-state index contributed by atoms with van der Waals surface area (Å²) in [4.78, 5) is 28.1. The Hall–Kier alpha value is -3.26. The third-order valence-electron chi connectivity index (χ3n) is 6.24. The van der Waals surface area contributed by atoms with Crippen LogP contribution in [0.15, 0.2) is 58.3 Å². The maximum Gasteiger partial charge on any atom is 0.338 e. The Kier molecular flexibility index (Phi) is 7.34. The lowest BCUT2D eigenvalue weighted by Gasteiger charge is -2.34. The molecule has 1 unspecified atom stereocenters. The summed E-state index contributed by atoms with van der Waals surface area (Å²) in [5.74, 6) is 1.11. The van der Waals surface area contributed by atoms with Gasteiger partial charge >= 0.3 is 12.0 Å². The van der Waals surface area contributed by atoms with Gasteiger partial charge in [-0.15, -0.1) is 0 Å². The molecule has 1 aliphatic heterocycles. The molecular weight excluding hydrogens is 422 g/mol. The number of carbonyl (C=O) groups is 2. The Labute approximate surface area is 193 Å². The van der Waals surface area contributed by atoms with Crippen LogP contribution >= 0.6 is 0 Å². The molecule has 4 rings (SSSR count). The molecule has 1 aliphatic carbocycles. The fraction of sp³-hybridized carbons (Fsp3) is 0.440. The van der Waals surface area contributed by atoms with Gasteiger partial charge in [0.2, 0.25) is 0 Å². The minimum absolute atomic E-state index is 0.248. The first-order valence-electron chi connectivity index (χ1n) is 11.5. The van der Waals surface area contributed by atoms with E-state index < -0.39 is 12.0 Å². The Bertz CT molecular complexity index is 978. The maximum absolute atomic E-state index is 13.1.